The average Bonchev–Trinajstić information content (AvgIpc) is 3.13. The van der Waals surface area contributed by atoms with Gasteiger partial charge in [-0.15, -0.1) is 0 Å². The molecule has 1 N–H and O–H groups in total. The summed E-state index contributed by atoms with van der Waals surface area (Å²) in [6.07, 6.45) is 4.83. The number of carbonyl (C=O) groups excluding carboxylic acids is 2. The fourth-order valence-electron chi connectivity index (χ4n) is 4.51. The van der Waals surface area contributed by atoms with Gasteiger partial charge in [0.15, 0.2) is 0 Å². The van der Waals surface area contributed by atoms with Crippen molar-refractivity contribution in [3.8, 4) is 0 Å². The number of nitrogens with zero attached hydrogens (tertiary/aromatic N) is 3. The topological polar surface area (TPSA) is 74.8 Å². The largest absolute Gasteiger partial charge is 0.363 e. The van der Waals surface area contributed by atoms with E-state index in [0.717, 1.165) is 44.5 Å². The lowest BCUT2D eigenvalue weighted by Crippen LogP contribution is -2.47. The smallest absolute Gasteiger partial charge is 0.255 e. The fraction of sp³-hybridized carbons (Fsp3) is 0.667. The summed E-state index contributed by atoms with van der Waals surface area (Å²) in [6, 6.07) is 3.93. The van der Waals surface area contributed by atoms with Gasteiger partial charge in [-0.3, -0.25) is 14.6 Å². The zero-order valence-corrected chi connectivity index (χ0v) is 16.8. The Morgan fingerprint density at radius 2 is 1.96 bits per heavy atom. The molecule has 4 rings (SSSR count). The molecule has 0 unspecified atom stereocenters. The normalized spacial score (nSPS) is 28.8. The molecule has 7 heteroatoms. The Kier molecular flexibility index (Phi) is 5.64. The lowest BCUT2D eigenvalue weighted by Gasteiger charge is -2.34. The molecular weight excluding hydrogens is 356 g/mol. The number of likely N-dealkylation sites (tertiary alicyclic amines) is 2. The Morgan fingerprint density at radius 3 is 2.68 bits per heavy atom. The Morgan fingerprint density at radius 1 is 1.18 bits per heavy atom. The first kappa shape index (κ1) is 19.3. The number of amides is 2. The van der Waals surface area contributed by atoms with Crippen LogP contribution in [-0.4, -0.2) is 78.1 Å². The van der Waals surface area contributed by atoms with Crippen LogP contribution < -0.4 is 5.32 Å². The highest BCUT2D eigenvalue weighted by molar-refractivity contribution is 5.94. The second-order valence-electron chi connectivity index (χ2n) is 8.47. The third kappa shape index (κ3) is 4.20. The summed E-state index contributed by atoms with van der Waals surface area (Å²) >= 11 is 0. The number of carbonyl (C=O) groups is 2. The van der Waals surface area contributed by atoms with E-state index in [2.05, 4.69) is 22.2 Å². The third-order valence-corrected chi connectivity index (χ3v) is 6.35. The minimum Gasteiger partial charge on any atom is -0.363 e. The molecule has 3 aliphatic heterocycles. The van der Waals surface area contributed by atoms with Crippen molar-refractivity contribution in [3.63, 3.8) is 0 Å². The van der Waals surface area contributed by atoms with Gasteiger partial charge in [-0.1, -0.05) is 0 Å². The minimum absolute atomic E-state index is 0.00576. The second-order valence-corrected chi connectivity index (χ2v) is 8.47. The zero-order valence-electron chi connectivity index (χ0n) is 16.8. The molecule has 152 valence electrons. The number of rotatable bonds is 3. The van der Waals surface area contributed by atoms with E-state index < -0.39 is 0 Å². The van der Waals surface area contributed by atoms with Crippen molar-refractivity contribution in [2.24, 2.45) is 5.92 Å². The van der Waals surface area contributed by atoms with E-state index >= 15 is 0 Å². The van der Waals surface area contributed by atoms with Gasteiger partial charge in [-0.25, -0.2) is 0 Å². The first-order valence-corrected chi connectivity index (χ1v) is 10.4. The number of hydrogen-bond acceptors (Lipinski definition) is 5. The molecule has 0 radical (unpaired) electrons. The lowest BCUT2D eigenvalue weighted by atomic mass is 9.91. The quantitative estimate of drug-likeness (QED) is 0.846. The maximum Gasteiger partial charge on any atom is 0.255 e. The highest BCUT2D eigenvalue weighted by atomic mass is 16.5. The van der Waals surface area contributed by atoms with E-state index in [0.29, 0.717) is 24.6 Å². The molecule has 0 bridgehead atoms. The van der Waals surface area contributed by atoms with E-state index in [-0.39, 0.29) is 30.1 Å². The lowest BCUT2D eigenvalue weighted by molar-refractivity contribution is -0.133. The van der Waals surface area contributed by atoms with Gasteiger partial charge in [-0.2, -0.15) is 0 Å². The van der Waals surface area contributed by atoms with Crippen LogP contribution in [0.5, 0.6) is 0 Å². The Bertz CT molecular complexity index is 715. The molecule has 2 amide bonds. The molecule has 0 aliphatic carbocycles. The van der Waals surface area contributed by atoms with Crippen LogP contribution >= 0.6 is 0 Å². The molecule has 0 spiro atoms. The van der Waals surface area contributed by atoms with E-state index in [1.165, 1.54) is 0 Å². The van der Waals surface area contributed by atoms with Crippen molar-refractivity contribution in [1.29, 1.82) is 0 Å². The Labute approximate surface area is 166 Å². The van der Waals surface area contributed by atoms with Crippen LogP contribution in [0.1, 0.15) is 41.7 Å². The number of fused-ring (bicyclic) bond motifs is 1. The van der Waals surface area contributed by atoms with Gasteiger partial charge in [0.05, 0.1) is 11.7 Å². The molecule has 7 nitrogen and oxygen atoms in total. The molecule has 0 aromatic carbocycles. The first-order chi connectivity index (χ1) is 13.5. The van der Waals surface area contributed by atoms with Crippen LogP contribution in [0.4, 0.5) is 0 Å². The molecular formula is C21H30N4O3. The van der Waals surface area contributed by atoms with Gasteiger partial charge >= 0.3 is 0 Å². The van der Waals surface area contributed by atoms with Crippen molar-refractivity contribution < 1.29 is 14.3 Å². The fourth-order valence-corrected chi connectivity index (χ4v) is 4.51. The highest BCUT2D eigenvalue weighted by Crippen LogP contribution is 2.34. The SMILES string of the molecule is Cc1ccc(C(=O)N2CC[C@H]3C[C@H](C(=O)NC4CCN(C)CC4)O[C@H]3C2)cn1. The molecule has 3 atom stereocenters. The van der Waals surface area contributed by atoms with Crippen LogP contribution in [0.25, 0.3) is 0 Å². The summed E-state index contributed by atoms with van der Waals surface area (Å²) in [7, 11) is 2.11. The number of ether oxygens (including phenoxy) is 1. The van der Waals surface area contributed by atoms with Gasteiger partial charge in [0.25, 0.3) is 5.91 Å². The zero-order chi connectivity index (χ0) is 19.7. The van der Waals surface area contributed by atoms with E-state index in [9.17, 15) is 9.59 Å². The van der Waals surface area contributed by atoms with Gasteiger partial charge in [-0.05, 0) is 70.8 Å². The number of pyridine rings is 1. The summed E-state index contributed by atoms with van der Waals surface area (Å²) < 4.78 is 6.09. The van der Waals surface area contributed by atoms with E-state index in [1.807, 2.05) is 24.0 Å². The number of nitrogens with one attached hydrogen (secondary N) is 1. The first-order valence-electron chi connectivity index (χ1n) is 10.4. The monoisotopic (exact) mass is 386 g/mol. The molecule has 1 aromatic heterocycles. The summed E-state index contributed by atoms with van der Waals surface area (Å²) in [5.74, 6) is 0.367. The van der Waals surface area contributed by atoms with Gasteiger partial charge in [0.2, 0.25) is 5.91 Å². The van der Waals surface area contributed by atoms with Crippen LogP contribution in [0.3, 0.4) is 0 Å². The van der Waals surface area contributed by atoms with Crippen molar-refractivity contribution in [2.75, 3.05) is 33.2 Å². The molecule has 28 heavy (non-hydrogen) atoms. The minimum atomic E-state index is -0.384. The van der Waals surface area contributed by atoms with Gasteiger partial charge < -0.3 is 19.9 Å². The number of aromatic nitrogens is 1. The Hall–Kier alpha value is -1.99. The summed E-state index contributed by atoms with van der Waals surface area (Å²) in [5, 5.41) is 3.18. The standard InChI is InChI=1S/C21H30N4O3/c1-14-3-4-16(12-22-14)21(27)25-10-5-15-11-18(28-19(15)13-25)20(26)23-17-6-8-24(2)9-7-17/h3-4,12,15,17-19H,5-11,13H2,1-2H3,(H,23,26)/t15-,18+,19-/m0/s1. The summed E-state index contributed by atoms with van der Waals surface area (Å²) in [4.78, 5) is 33.8. The van der Waals surface area contributed by atoms with Crippen molar-refractivity contribution in [2.45, 2.75) is 50.9 Å². The summed E-state index contributed by atoms with van der Waals surface area (Å²) in [5.41, 5.74) is 1.51. The summed E-state index contributed by atoms with van der Waals surface area (Å²) in [6.45, 7) is 5.21. The van der Waals surface area contributed by atoms with Crippen LogP contribution in [0, 0.1) is 12.8 Å². The van der Waals surface area contributed by atoms with Crippen LogP contribution in [-0.2, 0) is 9.53 Å². The predicted molar refractivity (Wildman–Crippen MR) is 105 cm³/mol. The van der Waals surface area contributed by atoms with Crippen LogP contribution in [0.2, 0.25) is 0 Å². The number of aryl methyl sites for hydroxylation is 1. The molecule has 3 fully saturated rings. The molecule has 4 heterocycles. The Balaban J connectivity index is 1.31. The van der Waals surface area contributed by atoms with E-state index in [1.54, 1.807) is 6.20 Å². The highest BCUT2D eigenvalue weighted by Gasteiger charge is 2.43. The molecule has 0 saturated carbocycles. The molecule has 3 saturated heterocycles. The second kappa shape index (κ2) is 8.17. The van der Waals surface area contributed by atoms with Crippen molar-refractivity contribution in [1.82, 2.24) is 20.1 Å². The molecule has 3 aliphatic rings. The molecule has 1 aromatic rings. The average molecular weight is 386 g/mol. The third-order valence-electron chi connectivity index (χ3n) is 6.35. The van der Waals surface area contributed by atoms with Crippen molar-refractivity contribution in [3.05, 3.63) is 29.6 Å². The van der Waals surface area contributed by atoms with Gasteiger partial charge in [0.1, 0.15) is 6.10 Å². The predicted octanol–water partition coefficient (Wildman–Crippen LogP) is 1.22. The van der Waals surface area contributed by atoms with Crippen molar-refractivity contribution >= 4 is 11.8 Å². The van der Waals surface area contributed by atoms with Gasteiger partial charge in [0, 0.05) is 31.0 Å². The van der Waals surface area contributed by atoms with Crippen LogP contribution in [0.15, 0.2) is 18.3 Å². The maximum absolute atomic E-state index is 12.8. The number of piperidine rings is 2. The number of hydrogen-bond donors (Lipinski definition) is 1. The maximum atomic E-state index is 12.8. The van der Waals surface area contributed by atoms with E-state index in [4.69, 9.17) is 4.74 Å².